The Morgan fingerprint density at radius 3 is 2.61 bits per heavy atom. The summed E-state index contributed by atoms with van der Waals surface area (Å²) in [6, 6.07) is 5.57. The number of carbonyl (C=O) groups is 3. The maximum Gasteiger partial charge on any atom is 0.472 e. The van der Waals surface area contributed by atoms with Crippen LogP contribution in [0.3, 0.4) is 0 Å². The van der Waals surface area contributed by atoms with Crippen molar-refractivity contribution in [1.29, 1.82) is 0 Å². The number of hydrogen-bond acceptors (Lipinski definition) is 11. The van der Waals surface area contributed by atoms with E-state index in [1.165, 1.54) is 21.6 Å². The zero-order chi connectivity index (χ0) is 23.1. The molecule has 1 rings (SSSR count). The minimum Gasteiger partial charge on any atom is -0.462 e. The van der Waals surface area contributed by atoms with Gasteiger partial charge in [-0.25, -0.2) is 9.55 Å². The Balaban J connectivity index is 2.19. The van der Waals surface area contributed by atoms with Crippen LogP contribution >= 0.6 is 29.4 Å². The summed E-state index contributed by atoms with van der Waals surface area (Å²) >= 11 is 0. The number of nitrogens with one attached hydrogen (secondary N) is 1. The molecule has 0 fully saturated rings. The lowest BCUT2D eigenvalue weighted by atomic mass is 10.4. The number of pyridine rings is 1. The van der Waals surface area contributed by atoms with Crippen LogP contribution in [-0.2, 0) is 37.5 Å². The van der Waals surface area contributed by atoms with Crippen molar-refractivity contribution in [1.82, 2.24) is 10.3 Å². The van der Waals surface area contributed by atoms with E-state index in [9.17, 15) is 23.8 Å². The monoisotopic (exact) mass is 496 g/mol. The SMILES string of the molecule is CC(=O)OCC(COP(=O)(O)OCCNC(=O)CCSSc1ccccn1)OC(C)=O. The Morgan fingerprint density at radius 1 is 1.19 bits per heavy atom. The van der Waals surface area contributed by atoms with Crippen LogP contribution in [-0.4, -0.2) is 65.9 Å². The molecule has 0 saturated heterocycles. The molecule has 0 radical (unpaired) electrons. The van der Waals surface area contributed by atoms with Crippen molar-refractivity contribution in [3.05, 3.63) is 24.4 Å². The smallest absolute Gasteiger partial charge is 0.462 e. The first-order valence-corrected chi connectivity index (χ1v) is 12.9. The Bertz CT molecular complexity index is 754. The van der Waals surface area contributed by atoms with E-state index in [4.69, 9.17) is 18.5 Å². The number of esters is 2. The van der Waals surface area contributed by atoms with Crippen LogP contribution in [0.5, 0.6) is 0 Å². The number of phosphoric ester groups is 1. The van der Waals surface area contributed by atoms with Crippen molar-refractivity contribution in [3.8, 4) is 0 Å². The van der Waals surface area contributed by atoms with Gasteiger partial charge in [0.2, 0.25) is 5.91 Å². The van der Waals surface area contributed by atoms with Crippen molar-refractivity contribution in [2.45, 2.75) is 31.4 Å². The van der Waals surface area contributed by atoms with Gasteiger partial charge in [-0.3, -0.25) is 23.4 Å². The lowest BCUT2D eigenvalue weighted by molar-refractivity contribution is -0.158. The lowest BCUT2D eigenvalue weighted by Gasteiger charge is -2.18. The molecule has 0 aliphatic heterocycles. The minimum atomic E-state index is -4.45. The highest BCUT2D eigenvalue weighted by atomic mass is 33.1. The number of amides is 1. The third-order valence-electron chi connectivity index (χ3n) is 3.10. The highest BCUT2D eigenvalue weighted by Crippen LogP contribution is 2.43. The molecule has 0 aromatic carbocycles. The van der Waals surface area contributed by atoms with Crippen LogP contribution in [0.25, 0.3) is 0 Å². The van der Waals surface area contributed by atoms with Crippen LogP contribution < -0.4 is 5.32 Å². The van der Waals surface area contributed by atoms with Gasteiger partial charge >= 0.3 is 19.8 Å². The van der Waals surface area contributed by atoms with Crippen LogP contribution in [0.2, 0.25) is 0 Å². The topological polar surface area (TPSA) is 150 Å². The third kappa shape index (κ3) is 14.9. The first-order chi connectivity index (χ1) is 14.7. The second kappa shape index (κ2) is 15.2. The molecule has 2 N–H and O–H groups in total. The minimum absolute atomic E-state index is 0.00557. The number of nitrogens with zero attached hydrogens (tertiary/aromatic N) is 1. The lowest BCUT2D eigenvalue weighted by Crippen LogP contribution is -2.29. The Labute approximate surface area is 188 Å². The summed E-state index contributed by atoms with van der Waals surface area (Å²) in [6.45, 7) is 1.19. The number of ether oxygens (including phenoxy) is 2. The molecule has 0 saturated carbocycles. The Kier molecular flexibility index (Phi) is 13.5. The van der Waals surface area contributed by atoms with Crippen LogP contribution in [0.15, 0.2) is 29.4 Å². The van der Waals surface area contributed by atoms with Gasteiger partial charge in [-0.2, -0.15) is 0 Å². The Morgan fingerprint density at radius 2 is 1.97 bits per heavy atom. The zero-order valence-corrected chi connectivity index (χ0v) is 19.6. The molecule has 1 aromatic rings. The fourth-order valence-electron chi connectivity index (χ4n) is 1.85. The molecule has 0 aliphatic carbocycles. The van der Waals surface area contributed by atoms with Gasteiger partial charge in [-0.1, -0.05) is 16.9 Å². The normalized spacial score (nSPS) is 13.6. The van der Waals surface area contributed by atoms with Gasteiger partial charge in [0.15, 0.2) is 6.10 Å². The summed E-state index contributed by atoms with van der Waals surface area (Å²) < 4.78 is 30.9. The van der Waals surface area contributed by atoms with Crippen molar-refractivity contribution in [3.63, 3.8) is 0 Å². The average Bonchev–Trinajstić information content (AvgIpc) is 2.71. The molecule has 2 atom stereocenters. The van der Waals surface area contributed by atoms with E-state index in [-0.39, 0.29) is 32.1 Å². The molecule has 1 heterocycles. The molecular formula is C17H25N2O9PS2. The van der Waals surface area contributed by atoms with Crippen molar-refractivity contribution >= 4 is 47.3 Å². The van der Waals surface area contributed by atoms with Gasteiger partial charge in [-0.15, -0.1) is 0 Å². The summed E-state index contributed by atoms with van der Waals surface area (Å²) in [5, 5.41) is 3.41. The van der Waals surface area contributed by atoms with Gasteiger partial charge in [0.1, 0.15) is 11.6 Å². The number of carbonyl (C=O) groups excluding carboxylic acids is 3. The van der Waals surface area contributed by atoms with E-state index < -0.39 is 32.5 Å². The first kappa shape index (κ1) is 27.4. The molecule has 0 bridgehead atoms. The van der Waals surface area contributed by atoms with Gasteiger partial charge in [-0.05, 0) is 22.9 Å². The Hall–Kier alpha value is -1.63. The fourth-order valence-corrected chi connectivity index (χ4v) is 4.47. The maximum absolute atomic E-state index is 11.9. The summed E-state index contributed by atoms with van der Waals surface area (Å²) in [5.74, 6) is -0.948. The quantitative estimate of drug-likeness (QED) is 0.158. The second-order valence-electron chi connectivity index (χ2n) is 5.80. The van der Waals surface area contributed by atoms with Crippen LogP contribution in [0, 0.1) is 0 Å². The predicted octanol–water partition coefficient (Wildman–Crippen LogP) is 1.96. The van der Waals surface area contributed by atoms with Crippen LogP contribution in [0.4, 0.5) is 0 Å². The molecule has 2 unspecified atom stereocenters. The number of hydrogen-bond donors (Lipinski definition) is 2. The van der Waals surface area contributed by atoms with E-state index in [2.05, 4.69) is 10.3 Å². The van der Waals surface area contributed by atoms with E-state index >= 15 is 0 Å². The largest absolute Gasteiger partial charge is 0.472 e. The zero-order valence-electron chi connectivity index (χ0n) is 17.1. The molecule has 11 nitrogen and oxygen atoms in total. The number of phosphoric acid groups is 1. The number of rotatable bonds is 15. The average molecular weight is 497 g/mol. The molecule has 174 valence electrons. The molecule has 0 spiro atoms. The van der Waals surface area contributed by atoms with Gasteiger partial charge in [0.05, 0.1) is 13.2 Å². The molecular weight excluding hydrogens is 471 g/mol. The van der Waals surface area contributed by atoms with Gasteiger partial charge in [0.25, 0.3) is 0 Å². The predicted molar refractivity (Wildman–Crippen MR) is 114 cm³/mol. The highest BCUT2D eigenvalue weighted by Gasteiger charge is 2.25. The summed E-state index contributed by atoms with van der Waals surface area (Å²) in [4.78, 5) is 47.5. The molecule has 31 heavy (non-hydrogen) atoms. The van der Waals surface area contributed by atoms with E-state index in [1.807, 2.05) is 18.2 Å². The number of aromatic nitrogens is 1. The summed E-state index contributed by atoms with van der Waals surface area (Å²) in [6.07, 6.45) is 0.889. The highest BCUT2D eigenvalue weighted by molar-refractivity contribution is 8.76. The van der Waals surface area contributed by atoms with E-state index in [0.717, 1.165) is 18.9 Å². The standard InChI is InChI=1S/C17H25N2O9PS2/c1-13(20)25-11-15(28-14(2)21)12-27-29(23,24)26-9-8-18-16(22)6-10-30-31-17-5-3-4-7-19-17/h3-5,7,15H,6,8-12H2,1-2H3,(H,18,22)(H,23,24). The molecule has 1 aromatic heterocycles. The van der Waals surface area contributed by atoms with Crippen LogP contribution in [0.1, 0.15) is 20.3 Å². The van der Waals surface area contributed by atoms with Crippen molar-refractivity contribution in [2.75, 3.05) is 32.1 Å². The fraction of sp³-hybridized carbons (Fsp3) is 0.529. The maximum atomic E-state index is 11.9. The first-order valence-electron chi connectivity index (χ1n) is 9.07. The summed E-state index contributed by atoms with van der Waals surface area (Å²) in [5.41, 5.74) is 0. The molecule has 0 aliphatic rings. The van der Waals surface area contributed by atoms with Crippen molar-refractivity contribution in [2.24, 2.45) is 0 Å². The molecule has 1 amide bonds. The summed E-state index contributed by atoms with van der Waals surface area (Å²) in [7, 11) is -1.50. The molecule has 14 heteroatoms. The van der Waals surface area contributed by atoms with E-state index in [1.54, 1.807) is 6.20 Å². The third-order valence-corrected chi connectivity index (χ3v) is 6.35. The van der Waals surface area contributed by atoms with Crippen molar-refractivity contribution < 1.29 is 42.4 Å². The van der Waals surface area contributed by atoms with Gasteiger partial charge < -0.3 is 19.7 Å². The van der Waals surface area contributed by atoms with E-state index in [0.29, 0.717) is 5.75 Å². The second-order valence-corrected chi connectivity index (χ2v) is 9.69. The van der Waals surface area contributed by atoms with Gasteiger partial charge in [0, 0.05) is 38.8 Å².